The summed E-state index contributed by atoms with van der Waals surface area (Å²) in [7, 11) is -5.79. The second kappa shape index (κ2) is 4.15. The van der Waals surface area contributed by atoms with Crippen molar-refractivity contribution in [2.75, 3.05) is 7.11 Å². The molecule has 0 fully saturated rings. The average molecular weight is 260 g/mol. The molecule has 11 heteroatoms. The second-order valence-electron chi connectivity index (χ2n) is 2.22. The summed E-state index contributed by atoms with van der Waals surface area (Å²) in [6, 6.07) is 0. The van der Waals surface area contributed by atoms with Gasteiger partial charge >= 0.3 is 21.5 Å². The van der Waals surface area contributed by atoms with Crippen molar-refractivity contribution in [3.05, 3.63) is 0 Å². The Labute approximate surface area is 80.4 Å². The van der Waals surface area contributed by atoms with Gasteiger partial charge in [-0.1, -0.05) is 0 Å². The van der Waals surface area contributed by atoms with Crippen LogP contribution < -0.4 is 0 Å². The number of hydrogen-bond donors (Lipinski definition) is 1. The van der Waals surface area contributed by atoms with Crippen LogP contribution in [-0.2, 0) is 19.9 Å². The largest absolute Gasteiger partial charge is 0.425 e. The van der Waals surface area contributed by atoms with Gasteiger partial charge in [0.2, 0.25) is 0 Å². The van der Waals surface area contributed by atoms with Gasteiger partial charge in [-0.25, -0.2) is 9.78 Å². The van der Waals surface area contributed by atoms with Crippen LogP contribution in [0.25, 0.3) is 0 Å². The molecule has 1 atom stereocenters. The molecule has 0 heterocycles. The van der Waals surface area contributed by atoms with Crippen molar-refractivity contribution >= 4 is 10.1 Å². The van der Waals surface area contributed by atoms with Gasteiger partial charge in [0.15, 0.2) is 0 Å². The summed E-state index contributed by atoms with van der Waals surface area (Å²) in [5.74, 6) is 0. The van der Waals surface area contributed by atoms with E-state index >= 15 is 0 Å². The summed E-state index contributed by atoms with van der Waals surface area (Å²) in [6.07, 6.45) is -9.83. The zero-order valence-electron chi connectivity index (χ0n) is 6.96. The molecule has 0 aliphatic heterocycles. The SMILES string of the molecule is COOC(C(F)(F)F)C(F)(F)S(=O)(=O)O. The van der Waals surface area contributed by atoms with Gasteiger partial charge in [-0.2, -0.15) is 30.4 Å². The van der Waals surface area contributed by atoms with Crippen molar-refractivity contribution in [2.24, 2.45) is 0 Å². The summed E-state index contributed by atoms with van der Waals surface area (Å²) < 4.78 is 88.5. The molecule has 1 unspecified atom stereocenters. The fraction of sp³-hybridized carbons (Fsp3) is 1.00. The summed E-state index contributed by atoms with van der Waals surface area (Å²) in [5.41, 5.74) is 0. The molecule has 0 aromatic heterocycles. The third-order valence-corrected chi connectivity index (χ3v) is 2.04. The second-order valence-corrected chi connectivity index (χ2v) is 3.72. The highest BCUT2D eigenvalue weighted by atomic mass is 32.2. The molecule has 92 valence electrons. The van der Waals surface area contributed by atoms with E-state index in [4.69, 9.17) is 4.55 Å². The Bertz CT molecular complexity index is 308. The molecule has 1 N–H and O–H groups in total. The van der Waals surface area contributed by atoms with Crippen LogP contribution >= 0.6 is 0 Å². The highest BCUT2D eigenvalue weighted by molar-refractivity contribution is 7.86. The summed E-state index contributed by atoms with van der Waals surface area (Å²) in [5, 5.41) is -5.55. The van der Waals surface area contributed by atoms with Gasteiger partial charge < -0.3 is 0 Å². The topological polar surface area (TPSA) is 72.8 Å². The van der Waals surface area contributed by atoms with E-state index in [1.54, 1.807) is 0 Å². The van der Waals surface area contributed by atoms with Crippen LogP contribution in [0.2, 0.25) is 0 Å². The monoisotopic (exact) mass is 260 g/mol. The van der Waals surface area contributed by atoms with Crippen LogP contribution in [0.15, 0.2) is 0 Å². The molecule has 5 nitrogen and oxygen atoms in total. The van der Waals surface area contributed by atoms with E-state index in [1.807, 2.05) is 0 Å². The van der Waals surface area contributed by atoms with Crippen LogP contribution in [-0.4, -0.2) is 37.6 Å². The summed E-state index contributed by atoms with van der Waals surface area (Å²) >= 11 is 0. The Morgan fingerprint density at radius 3 is 1.80 bits per heavy atom. The lowest BCUT2D eigenvalue weighted by Crippen LogP contribution is -2.51. The Hall–Kier alpha value is -0.520. The predicted octanol–water partition coefficient (Wildman–Crippen LogP) is 0.976. The highest BCUT2D eigenvalue weighted by Gasteiger charge is 2.65. The fourth-order valence-corrected chi connectivity index (χ4v) is 0.976. The summed E-state index contributed by atoms with van der Waals surface area (Å²) in [4.78, 5) is 6.42. The first kappa shape index (κ1) is 14.5. The standard InChI is InChI=1S/C4H5F5O5S/c1-13-14-2(3(5,6)7)4(8,9)15(10,11)12/h2H,1H3,(H,10,11,12). The third-order valence-electron chi connectivity index (χ3n) is 1.14. The molecule has 0 aliphatic carbocycles. The minimum absolute atomic E-state index is 0.471. The molecule has 0 aliphatic rings. The lowest BCUT2D eigenvalue weighted by Gasteiger charge is -2.24. The van der Waals surface area contributed by atoms with Gasteiger partial charge in [-0.05, 0) is 0 Å². The summed E-state index contributed by atoms with van der Waals surface area (Å²) in [6.45, 7) is 0. The van der Waals surface area contributed by atoms with Crippen LogP contribution in [0.3, 0.4) is 0 Å². The molecule has 0 rings (SSSR count). The van der Waals surface area contributed by atoms with E-state index in [0.717, 1.165) is 0 Å². The van der Waals surface area contributed by atoms with Crippen LogP contribution in [0.1, 0.15) is 0 Å². The van der Waals surface area contributed by atoms with Crippen molar-refractivity contribution < 1.29 is 44.7 Å². The number of alkyl halides is 5. The molecular formula is C4H5F5O5S. The minimum Gasteiger partial charge on any atom is -0.281 e. The molecule has 0 aromatic rings. The fourth-order valence-electron chi connectivity index (χ4n) is 0.533. The van der Waals surface area contributed by atoms with E-state index in [2.05, 4.69) is 9.78 Å². The van der Waals surface area contributed by atoms with E-state index in [1.165, 1.54) is 0 Å². The van der Waals surface area contributed by atoms with Gasteiger partial charge in [0, 0.05) is 0 Å². The Morgan fingerprint density at radius 1 is 1.20 bits per heavy atom. The van der Waals surface area contributed by atoms with E-state index in [9.17, 15) is 30.4 Å². The van der Waals surface area contributed by atoms with Gasteiger partial charge in [0.05, 0.1) is 7.11 Å². The molecule has 0 spiro atoms. The first-order valence-corrected chi connectivity index (χ1v) is 4.49. The Morgan fingerprint density at radius 2 is 1.60 bits per heavy atom. The number of hydrogen-bond acceptors (Lipinski definition) is 4. The number of rotatable bonds is 4. The highest BCUT2D eigenvalue weighted by Crippen LogP contribution is 2.37. The van der Waals surface area contributed by atoms with Crippen molar-refractivity contribution in [2.45, 2.75) is 17.5 Å². The molecule has 0 bridgehead atoms. The Kier molecular flexibility index (Phi) is 4.01. The van der Waals surface area contributed by atoms with Crippen LogP contribution in [0, 0.1) is 0 Å². The van der Waals surface area contributed by atoms with Gasteiger partial charge in [0.1, 0.15) is 0 Å². The first-order valence-electron chi connectivity index (χ1n) is 3.05. The number of halogens is 5. The molecule has 0 radical (unpaired) electrons. The van der Waals surface area contributed by atoms with Gasteiger partial charge in [-0.15, -0.1) is 0 Å². The zero-order valence-corrected chi connectivity index (χ0v) is 7.77. The van der Waals surface area contributed by atoms with Gasteiger partial charge in [0.25, 0.3) is 6.10 Å². The maximum Gasteiger partial charge on any atom is 0.425 e. The maximum atomic E-state index is 12.5. The van der Waals surface area contributed by atoms with E-state index in [-0.39, 0.29) is 0 Å². The predicted molar refractivity (Wildman–Crippen MR) is 34.4 cm³/mol. The molecule has 0 amide bonds. The van der Waals surface area contributed by atoms with E-state index < -0.39 is 27.7 Å². The smallest absolute Gasteiger partial charge is 0.281 e. The molecule has 0 saturated heterocycles. The zero-order chi connectivity index (χ0) is 12.5. The van der Waals surface area contributed by atoms with E-state index in [0.29, 0.717) is 7.11 Å². The van der Waals surface area contributed by atoms with Crippen molar-refractivity contribution in [3.63, 3.8) is 0 Å². The molecule has 15 heavy (non-hydrogen) atoms. The molecule has 0 saturated carbocycles. The lowest BCUT2D eigenvalue weighted by atomic mass is 10.3. The molecular weight excluding hydrogens is 255 g/mol. The van der Waals surface area contributed by atoms with Crippen LogP contribution in [0.4, 0.5) is 22.0 Å². The normalized spacial score (nSPS) is 16.5. The van der Waals surface area contributed by atoms with Crippen molar-refractivity contribution in [1.29, 1.82) is 0 Å². The first-order chi connectivity index (χ1) is 6.44. The quantitative estimate of drug-likeness (QED) is 0.353. The van der Waals surface area contributed by atoms with Crippen molar-refractivity contribution in [3.8, 4) is 0 Å². The minimum atomic E-state index is -6.27. The Balaban J connectivity index is 5.27. The van der Waals surface area contributed by atoms with Crippen molar-refractivity contribution in [1.82, 2.24) is 0 Å². The van der Waals surface area contributed by atoms with Crippen LogP contribution in [0.5, 0.6) is 0 Å². The lowest BCUT2D eigenvalue weighted by molar-refractivity contribution is -0.392. The third kappa shape index (κ3) is 3.22. The maximum absolute atomic E-state index is 12.5. The molecule has 0 aromatic carbocycles. The van der Waals surface area contributed by atoms with Gasteiger partial charge in [-0.3, -0.25) is 4.55 Å². The average Bonchev–Trinajstić information content (AvgIpc) is 1.95.